The van der Waals surface area contributed by atoms with Crippen LogP contribution in [0.25, 0.3) is 0 Å². The van der Waals surface area contributed by atoms with Gasteiger partial charge in [-0.3, -0.25) is 0 Å². The minimum Gasteiger partial charge on any atom is -0.388 e. The van der Waals surface area contributed by atoms with Crippen molar-refractivity contribution in [2.45, 2.75) is 32.8 Å². The van der Waals surface area contributed by atoms with Crippen molar-refractivity contribution in [2.24, 2.45) is 11.1 Å². The molecule has 80 valence electrons. The van der Waals surface area contributed by atoms with Crippen LogP contribution in [0.4, 0.5) is 0 Å². The molecule has 14 heavy (non-hydrogen) atoms. The van der Waals surface area contributed by atoms with E-state index in [1.54, 1.807) is 11.3 Å². The average molecular weight is 213 g/mol. The van der Waals surface area contributed by atoms with Crippen LogP contribution in [-0.2, 0) is 6.42 Å². The summed E-state index contributed by atoms with van der Waals surface area (Å²) in [4.78, 5) is 1.19. The third kappa shape index (κ3) is 2.35. The topological polar surface area (TPSA) is 46.2 Å². The van der Waals surface area contributed by atoms with E-state index >= 15 is 0 Å². The van der Waals surface area contributed by atoms with E-state index in [2.05, 4.69) is 0 Å². The van der Waals surface area contributed by atoms with Crippen molar-refractivity contribution >= 4 is 11.3 Å². The molecule has 1 atom stereocenters. The van der Waals surface area contributed by atoms with Crippen LogP contribution in [0.15, 0.2) is 17.5 Å². The van der Waals surface area contributed by atoms with E-state index in [-0.39, 0.29) is 5.41 Å². The fourth-order valence-electron chi connectivity index (χ4n) is 1.34. The third-order valence-corrected chi connectivity index (χ3v) is 3.66. The van der Waals surface area contributed by atoms with E-state index < -0.39 is 5.60 Å². The molecule has 0 aliphatic heterocycles. The summed E-state index contributed by atoms with van der Waals surface area (Å²) in [6, 6.07) is 4.04. The van der Waals surface area contributed by atoms with Gasteiger partial charge in [-0.15, -0.1) is 11.3 Å². The number of hydrogen-bond donors (Lipinski definition) is 2. The van der Waals surface area contributed by atoms with Gasteiger partial charge in [0.15, 0.2) is 0 Å². The van der Waals surface area contributed by atoms with Crippen LogP contribution in [0.3, 0.4) is 0 Å². The van der Waals surface area contributed by atoms with Gasteiger partial charge >= 0.3 is 0 Å². The van der Waals surface area contributed by atoms with Crippen molar-refractivity contribution in [2.75, 3.05) is 6.54 Å². The Kier molecular flexibility index (Phi) is 3.35. The lowest BCUT2D eigenvalue weighted by molar-refractivity contribution is -0.0484. The first kappa shape index (κ1) is 11.7. The van der Waals surface area contributed by atoms with Crippen molar-refractivity contribution in [3.63, 3.8) is 0 Å². The second-order valence-corrected chi connectivity index (χ2v) is 5.77. The van der Waals surface area contributed by atoms with E-state index in [0.29, 0.717) is 13.0 Å². The Bertz CT molecular complexity index is 276. The third-order valence-electron chi connectivity index (χ3n) is 2.78. The fourth-order valence-corrected chi connectivity index (χ4v) is 2.16. The Balaban J connectivity index is 2.82. The van der Waals surface area contributed by atoms with Crippen molar-refractivity contribution in [1.82, 2.24) is 0 Å². The number of thiophene rings is 1. The zero-order valence-corrected chi connectivity index (χ0v) is 9.90. The van der Waals surface area contributed by atoms with Gasteiger partial charge in [0.05, 0.1) is 5.60 Å². The number of rotatable bonds is 3. The maximum atomic E-state index is 10.4. The lowest BCUT2D eigenvalue weighted by Crippen LogP contribution is -2.50. The summed E-state index contributed by atoms with van der Waals surface area (Å²) < 4.78 is 0. The van der Waals surface area contributed by atoms with Gasteiger partial charge in [-0.1, -0.05) is 26.8 Å². The lowest BCUT2D eigenvalue weighted by Gasteiger charge is -2.39. The molecule has 1 rings (SSSR count). The predicted molar refractivity (Wildman–Crippen MR) is 61.5 cm³/mol. The van der Waals surface area contributed by atoms with Crippen molar-refractivity contribution in [3.8, 4) is 0 Å². The number of nitrogens with two attached hydrogens (primary N) is 1. The maximum absolute atomic E-state index is 10.4. The van der Waals surface area contributed by atoms with Gasteiger partial charge < -0.3 is 10.8 Å². The monoisotopic (exact) mass is 213 g/mol. The van der Waals surface area contributed by atoms with Gasteiger partial charge in [0.1, 0.15) is 0 Å². The van der Waals surface area contributed by atoms with Crippen LogP contribution in [-0.4, -0.2) is 17.3 Å². The van der Waals surface area contributed by atoms with Crippen LogP contribution < -0.4 is 5.73 Å². The highest BCUT2D eigenvalue weighted by molar-refractivity contribution is 7.09. The second-order valence-electron chi connectivity index (χ2n) is 4.74. The Morgan fingerprint density at radius 1 is 1.43 bits per heavy atom. The van der Waals surface area contributed by atoms with Gasteiger partial charge in [-0.05, 0) is 16.9 Å². The Morgan fingerprint density at radius 2 is 2.07 bits per heavy atom. The Morgan fingerprint density at radius 3 is 2.43 bits per heavy atom. The largest absolute Gasteiger partial charge is 0.388 e. The molecule has 0 radical (unpaired) electrons. The van der Waals surface area contributed by atoms with Gasteiger partial charge in [0.25, 0.3) is 0 Å². The zero-order valence-electron chi connectivity index (χ0n) is 9.08. The van der Waals surface area contributed by atoms with E-state index in [9.17, 15) is 5.11 Å². The molecule has 1 aromatic rings. The molecule has 0 spiro atoms. The summed E-state index contributed by atoms with van der Waals surface area (Å²) in [5.41, 5.74) is 4.67. The highest BCUT2D eigenvalue weighted by atomic mass is 32.1. The molecule has 0 saturated carbocycles. The van der Waals surface area contributed by atoms with E-state index in [1.165, 1.54) is 4.88 Å². The summed E-state index contributed by atoms with van der Waals surface area (Å²) in [6.45, 7) is 6.36. The minimum atomic E-state index is -0.808. The van der Waals surface area contributed by atoms with Crippen LogP contribution in [0.2, 0.25) is 0 Å². The summed E-state index contributed by atoms with van der Waals surface area (Å²) in [6.07, 6.45) is 0.644. The molecule has 0 aliphatic carbocycles. The normalized spacial score (nSPS) is 16.6. The van der Waals surface area contributed by atoms with Crippen LogP contribution in [0.1, 0.15) is 25.6 Å². The van der Waals surface area contributed by atoms with E-state index in [0.717, 1.165) is 0 Å². The Hall–Kier alpha value is -0.380. The number of hydrogen-bond acceptors (Lipinski definition) is 3. The molecule has 0 saturated heterocycles. The first-order chi connectivity index (χ1) is 6.39. The van der Waals surface area contributed by atoms with Crippen LogP contribution >= 0.6 is 11.3 Å². The van der Waals surface area contributed by atoms with Gasteiger partial charge in [0, 0.05) is 17.8 Å². The highest BCUT2D eigenvalue weighted by Crippen LogP contribution is 2.33. The first-order valence-electron chi connectivity index (χ1n) is 4.84. The molecule has 0 bridgehead atoms. The van der Waals surface area contributed by atoms with Crippen molar-refractivity contribution in [3.05, 3.63) is 22.4 Å². The molecule has 0 aromatic carbocycles. The Labute approximate surface area is 89.8 Å². The van der Waals surface area contributed by atoms with E-state index in [4.69, 9.17) is 5.73 Å². The first-order valence-corrected chi connectivity index (χ1v) is 5.72. The van der Waals surface area contributed by atoms with Gasteiger partial charge in [-0.2, -0.15) is 0 Å². The molecule has 1 heterocycles. The van der Waals surface area contributed by atoms with Gasteiger partial charge in [-0.25, -0.2) is 0 Å². The highest BCUT2D eigenvalue weighted by Gasteiger charge is 2.38. The van der Waals surface area contributed by atoms with Gasteiger partial charge in [0.2, 0.25) is 0 Å². The van der Waals surface area contributed by atoms with Crippen molar-refractivity contribution in [1.29, 1.82) is 0 Å². The second kappa shape index (κ2) is 4.01. The summed E-state index contributed by atoms with van der Waals surface area (Å²) in [5.74, 6) is 0. The van der Waals surface area contributed by atoms with E-state index in [1.807, 2.05) is 38.3 Å². The molecule has 0 amide bonds. The standard InChI is InChI=1S/C11H19NOS/c1-10(2,3)11(13,8-12)7-9-5-4-6-14-9/h4-6,13H,7-8,12H2,1-3H3. The molecule has 0 fully saturated rings. The molecule has 3 heteroatoms. The van der Waals surface area contributed by atoms with Crippen LogP contribution in [0, 0.1) is 5.41 Å². The lowest BCUT2D eigenvalue weighted by atomic mass is 9.74. The minimum absolute atomic E-state index is 0.189. The molecule has 0 aliphatic rings. The quantitative estimate of drug-likeness (QED) is 0.807. The molecule has 2 nitrogen and oxygen atoms in total. The smallest absolute Gasteiger partial charge is 0.0865 e. The molecule has 3 N–H and O–H groups in total. The summed E-state index contributed by atoms with van der Waals surface area (Å²) >= 11 is 1.67. The number of aliphatic hydroxyl groups is 1. The molecular weight excluding hydrogens is 194 g/mol. The molecule has 1 unspecified atom stereocenters. The maximum Gasteiger partial charge on any atom is 0.0865 e. The molecular formula is C11H19NOS. The summed E-state index contributed by atoms with van der Waals surface area (Å²) in [7, 11) is 0. The zero-order chi connectivity index (χ0) is 10.8. The summed E-state index contributed by atoms with van der Waals surface area (Å²) in [5, 5.41) is 12.4. The van der Waals surface area contributed by atoms with Crippen molar-refractivity contribution < 1.29 is 5.11 Å². The van der Waals surface area contributed by atoms with Crippen LogP contribution in [0.5, 0.6) is 0 Å². The average Bonchev–Trinajstić information content (AvgIpc) is 2.54. The fraction of sp³-hybridized carbons (Fsp3) is 0.636. The SMILES string of the molecule is CC(C)(C)C(O)(CN)Cc1cccs1. The predicted octanol–water partition coefficient (Wildman–Crippen LogP) is 2.03. The molecule has 1 aromatic heterocycles.